The van der Waals surface area contributed by atoms with E-state index in [1.54, 1.807) is 6.33 Å². The first-order valence-corrected chi connectivity index (χ1v) is 6.27. The van der Waals surface area contributed by atoms with Crippen molar-refractivity contribution < 1.29 is 0 Å². The third-order valence-corrected chi connectivity index (χ3v) is 3.04. The Morgan fingerprint density at radius 2 is 2.22 bits per heavy atom. The molecule has 0 aliphatic heterocycles. The molecule has 1 heterocycles. The van der Waals surface area contributed by atoms with Gasteiger partial charge in [-0.05, 0) is 13.3 Å². The van der Waals surface area contributed by atoms with Crippen LogP contribution < -0.4 is 10.2 Å². The van der Waals surface area contributed by atoms with E-state index in [0.29, 0.717) is 6.42 Å². The van der Waals surface area contributed by atoms with Crippen LogP contribution in [-0.2, 0) is 6.42 Å². The molecule has 0 aliphatic rings. The zero-order valence-electron chi connectivity index (χ0n) is 11.6. The van der Waals surface area contributed by atoms with Crippen molar-refractivity contribution in [2.45, 2.75) is 39.2 Å². The molecule has 0 aromatic carbocycles. The predicted octanol–water partition coefficient (Wildman–Crippen LogP) is 2.21. The van der Waals surface area contributed by atoms with E-state index in [2.05, 4.69) is 33.2 Å². The van der Waals surface area contributed by atoms with Gasteiger partial charge in [0.2, 0.25) is 0 Å². The van der Waals surface area contributed by atoms with E-state index in [4.69, 9.17) is 5.26 Å². The Bertz CT molecular complexity index is 424. The second-order valence-electron chi connectivity index (χ2n) is 4.35. The van der Waals surface area contributed by atoms with Gasteiger partial charge in [-0.3, -0.25) is 0 Å². The Kier molecular flexibility index (Phi) is 5.37. The lowest BCUT2D eigenvalue weighted by Crippen LogP contribution is -2.30. The van der Waals surface area contributed by atoms with Crippen molar-refractivity contribution in [1.29, 1.82) is 5.26 Å². The van der Waals surface area contributed by atoms with Crippen molar-refractivity contribution in [3.05, 3.63) is 11.9 Å². The second-order valence-corrected chi connectivity index (χ2v) is 4.35. The highest BCUT2D eigenvalue weighted by Crippen LogP contribution is 2.25. The Morgan fingerprint density at radius 1 is 1.50 bits per heavy atom. The van der Waals surface area contributed by atoms with Crippen LogP contribution in [0.5, 0.6) is 0 Å². The first kappa shape index (κ1) is 14.2. The molecule has 0 spiro atoms. The van der Waals surface area contributed by atoms with E-state index in [1.165, 1.54) is 0 Å². The smallest absolute Gasteiger partial charge is 0.137 e. The van der Waals surface area contributed by atoms with Crippen LogP contribution in [0.3, 0.4) is 0 Å². The Labute approximate surface area is 109 Å². The number of aromatic nitrogens is 2. The van der Waals surface area contributed by atoms with Crippen LogP contribution in [-0.4, -0.2) is 30.1 Å². The van der Waals surface area contributed by atoms with Crippen LogP contribution in [0.2, 0.25) is 0 Å². The van der Waals surface area contributed by atoms with Gasteiger partial charge >= 0.3 is 0 Å². The maximum Gasteiger partial charge on any atom is 0.137 e. The summed E-state index contributed by atoms with van der Waals surface area (Å²) >= 11 is 0. The molecule has 5 nitrogen and oxygen atoms in total. The number of nitriles is 1. The van der Waals surface area contributed by atoms with Crippen LogP contribution in [0.25, 0.3) is 0 Å². The molecular weight excluding hydrogens is 226 g/mol. The molecule has 5 heteroatoms. The molecule has 0 fully saturated rings. The number of nitrogens with zero attached hydrogens (tertiary/aromatic N) is 4. The summed E-state index contributed by atoms with van der Waals surface area (Å²) < 4.78 is 0. The highest BCUT2D eigenvalue weighted by Gasteiger charge is 2.17. The average Bonchev–Trinajstić information content (AvgIpc) is 2.38. The molecule has 1 aromatic rings. The number of anilines is 2. The summed E-state index contributed by atoms with van der Waals surface area (Å²) in [5.41, 5.74) is 1.12. The average molecular weight is 247 g/mol. The van der Waals surface area contributed by atoms with Gasteiger partial charge in [0.1, 0.15) is 18.0 Å². The van der Waals surface area contributed by atoms with E-state index in [1.807, 2.05) is 21.0 Å². The molecule has 0 bridgehead atoms. The zero-order chi connectivity index (χ0) is 13.5. The normalized spacial score (nSPS) is 11.7. The zero-order valence-corrected chi connectivity index (χ0v) is 11.6. The summed E-state index contributed by atoms with van der Waals surface area (Å²) in [6.45, 7) is 4.16. The van der Waals surface area contributed by atoms with Crippen LogP contribution in [0.15, 0.2) is 6.33 Å². The van der Waals surface area contributed by atoms with Gasteiger partial charge < -0.3 is 10.2 Å². The quantitative estimate of drug-likeness (QED) is 0.835. The first-order valence-electron chi connectivity index (χ1n) is 6.27. The fourth-order valence-corrected chi connectivity index (χ4v) is 1.88. The Balaban J connectivity index is 3.10. The molecule has 1 rings (SSSR count). The van der Waals surface area contributed by atoms with Crippen LogP contribution in [0.1, 0.15) is 32.3 Å². The van der Waals surface area contributed by atoms with E-state index in [9.17, 15) is 0 Å². The van der Waals surface area contributed by atoms with Crippen molar-refractivity contribution in [3.63, 3.8) is 0 Å². The number of rotatable bonds is 6. The molecule has 0 saturated heterocycles. The minimum absolute atomic E-state index is 0.144. The monoisotopic (exact) mass is 247 g/mol. The Hall–Kier alpha value is -1.83. The summed E-state index contributed by atoms with van der Waals surface area (Å²) in [6, 6.07) is 2.34. The number of nitrogens with one attached hydrogen (secondary N) is 1. The van der Waals surface area contributed by atoms with Gasteiger partial charge in [0, 0.05) is 25.7 Å². The SMILES string of the molecule is CCCc1c(NC)ncnc1N(C)C(C)CC#N. The standard InChI is InChI=1S/C13H21N5/c1-5-6-11-12(15-3)16-9-17-13(11)18(4)10(2)7-8-14/h9-10H,5-7H2,1-4H3,(H,15,16,17). The second kappa shape index (κ2) is 6.80. The van der Waals surface area contributed by atoms with Gasteiger partial charge in [-0.1, -0.05) is 13.3 Å². The predicted molar refractivity (Wildman–Crippen MR) is 73.7 cm³/mol. The molecule has 98 valence electrons. The summed E-state index contributed by atoms with van der Waals surface area (Å²) in [6.07, 6.45) is 4.02. The lowest BCUT2D eigenvalue weighted by atomic mass is 10.1. The summed E-state index contributed by atoms with van der Waals surface area (Å²) in [5, 5.41) is 11.9. The van der Waals surface area contributed by atoms with Gasteiger partial charge in [0.15, 0.2) is 0 Å². The molecule has 1 atom stereocenters. The fourth-order valence-electron chi connectivity index (χ4n) is 1.88. The lowest BCUT2D eigenvalue weighted by Gasteiger charge is -2.26. The molecule has 18 heavy (non-hydrogen) atoms. The molecule has 1 unspecified atom stereocenters. The minimum Gasteiger partial charge on any atom is -0.373 e. The van der Waals surface area contributed by atoms with Crippen LogP contribution in [0, 0.1) is 11.3 Å². The maximum absolute atomic E-state index is 8.78. The molecule has 0 radical (unpaired) electrons. The lowest BCUT2D eigenvalue weighted by molar-refractivity contribution is 0.686. The maximum atomic E-state index is 8.78. The highest BCUT2D eigenvalue weighted by atomic mass is 15.2. The van der Waals surface area contributed by atoms with Gasteiger partial charge in [0.05, 0.1) is 12.5 Å². The fraction of sp³-hybridized carbons (Fsp3) is 0.615. The highest BCUT2D eigenvalue weighted by molar-refractivity contribution is 5.58. The van der Waals surface area contributed by atoms with E-state index in [0.717, 1.165) is 30.0 Å². The summed E-state index contributed by atoms with van der Waals surface area (Å²) in [7, 11) is 3.84. The Morgan fingerprint density at radius 3 is 2.78 bits per heavy atom. The molecule has 1 N–H and O–H groups in total. The summed E-state index contributed by atoms with van der Waals surface area (Å²) in [5.74, 6) is 1.79. The van der Waals surface area contributed by atoms with Gasteiger partial charge in [-0.2, -0.15) is 5.26 Å². The molecule has 0 saturated carbocycles. The molecule has 1 aromatic heterocycles. The van der Waals surface area contributed by atoms with Crippen molar-refractivity contribution in [2.24, 2.45) is 0 Å². The first-order chi connectivity index (χ1) is 8.65. The van der Waals surface area contributed by atoms with Gasteiger partial charge in [-0.25, -0.2) is 9.97 Å². The molecule has 0 amide bonds. The van der Waals surface area contributed by atoms with Gasteiger partial charge in [0.25, 0.3) is 0 Å². The van der Waals surface area contributed by atoms with E-state index >= 15 is 0 Å². The van der Waals surface area contributed by atoms with Crippen molar-refractivity contribution >= 4 is 11.6 Å². The van der Waals surface area contributed by atoms with E-state index < -0.39 is 0 Å². The van der Waals surface area contributed by atoms with E-state index in [-0.39, 0.29) is 6.04 Å². The van der Waals surface area contributed by atoms with Crippen molar-refractivity contribution in [1.82, 2.24) is 9.97 Å². The third kappa shape index (κ3) is 3.10. The summed E-state index contributed by atoms with van der Waals surface area (Å²) in [4.78, 5) is 10.7. The largest absolute Gasteiger partial charge is 0.373 e. The van der Waals surface area contributed by atoms with Crippen LogP contribution >= 0.6 is 0 Å². The number of hydrogen-bond acceptors (Lipinski definition) is 5. The molecular formula is C13H21N5. The third-order valence-electron chi connectivity index (χ3n) is 3.04. The van der Waals surface area contributed by atoms with Crippen LogP contribution in [0.4, 0.5) is 11.6 Å². The van der Waals surface area contributed by atoms with Crippen molar-refractivity contribution in [2.75, 3.05) is 24.3 Å². The minimum atomic E-state index is 0.144. The topological polar surface area (TPSA) is 64.8 Å². The number of hydrogen-bond donors (Lipinski definition) is 1. The van der Waals surface area contributed by atoms with Crippen molar-refractivity contribution in [3.8, 4) is 6.07 Å². The van der Waals surface area contributed by atoms with Gasteiger partial charge in [-0.15, -0.1) is 0 Å². The molecule has 0 aliphatic carbocycles.